The van der Waals surface area contributed by atoms with Gasteiger partial charge in [-0.05, 0) is 55.0 Å². The molecule has 6 nitrogen and oxygen atoms in total. The summed E-state index contributed by atoms with van der Waals surface area (Å²) in [4.78, 5) is 35.6. The Morgan fingerprint density at radius 3 is 2.48 bits per heavy atom. The fourth-order valence-corrected chi connectivity index (χ4v) is 5.17. The summed E-state index contributed by atoms with van der Waals surface area (Å²) < 4.78 is 0. The van der Waals surface area contributed by atoms with Crippen LogP contribution in [-0.2, 0) is 23.2 Å². The van der Waals surface area contributed by atoms with Crippen molar-refractivity contribution >= 4 is 29.1 Å². The van der Waals surface area contributed by atoms with Crippen molar-refractivity contribution in [2.45, 2.75) is 43.7 Å². The summed E-state index contributed by atoms with van der Waals surface area (Å²) in [5.41, 5.74) is 2.22. The Hall–Kier alpha value is -2.67. The molecule has 1 amide bonds. The molecule has 0 bridgehead atoms. The SMILES string of the molecule is O=C(C(O)c1cc(Cl)cc(Cl)c1)N1CCCc2nc(C3(c4ccccc4)CC3)[nH]c(=O)c2C1. The van der Waals surface area contributed by atoms with Crippen molar-refractivity contribution in [3.8, 4) is 0 Å². The van der Waals surface area contributed by atoms with E-state index < -0.39 is 12.0 Å². The summed E-state index contributed by atoms with van der Waals surface area (Å²) in [6, 6.07) is 14.7. The number of hydrogen-bond donors (Lipinski definition) is 2. The molecule has 2 aromatic carbocycles. The normalized spacial score (nSPS) is 17.7. The topological polar surface area (TPSA) is 86.3 Å². The van der Waals surface area contributed by atoms with E-state index >= 15 is 0 Å². The average molecular weight is 484 g/mol. The monoisotopic (exact) mass is 483 g/mol. The van der Waals surface area contributed by atoms with Crippen LogP contribution in [0.3, 0.4) is 0 Å². The molecule has 0 spiro atoms. The Morgan fingerprint density at radius 1 is 1.12 bits per heavy atom. The van der Waals surface area contributed by atoms with Gasteiger partial charge >= 0.3 is 0 Å². The smallest absolute Gasteiger partial charge is 0.256 e. The second-order valence-corrected chi connectivity index (χ2v) is 9.63. The van der Waals surface area contributed by atoms with Gasteiger partial charge in [0.1, 0.15) is 5.82 Å². The van der Waals surface area contributed by atoms with E-state index in [1.165, 1.54) is 23.1 Å². The van der Waals surface area contributed by atoms with Gasteiger partial charge in [0.05, 0.1) is 23.2 Å². The molecule has 1 atom stereocenters. The van der Waals surface area contributed by atoms with Gasteiger partial charge in [-0.2, -0.15) is 0 Å². The van der Waals surface area contributed by atoms with Crippen LogP contribution in [0.1, 0.15) is 53.6 Å². The van der Waals surface area contributed by atoms with Crippen molar-refractivity contribution < 1.29 is 9.90 Å². The molecule has 1 saturated carbocycles. The number of fused-ring (bicyclic) bond motifs is 1. The lowest BCUT2D eigenvalue weighted by atomic mass is 9.94. The van der Waals surface area contributed by atoms with E-state index in [1.807, 2.05) is 18.2 Å². The first-order valence-electron chi connectivity index (χ1n) is 11.0. The van der Waals surface area contributed by atoms with Crippen molar-refractivity contribution in [3.05, 3.63) is 97.1 Å². The van der Waals surface area contributed by atoms with Crippen LogP contribution >= 0.6 is 23.2 Å². The van der Waals surface area contributed by atoms with Gasteiger partial charge in [0.25, 0.3) is 11.5 Å². The fraction of sp³-hybridized carbons (Fsp3) is 0.320. The minimum Gasteiger partial charge on any atom is -0.378 e. The molecule has 170 valence electrons. The number of carbonyl (C=O) groups is 1. The summed E-state index contributed by atoms with van der Waals surface area (Å²) >= 11 is 12.1. The zero-order valence-corrected chi connectivity index (χ0v) is 19.4. The molecule has 1 aromatic heterocycles. The quantitative estimate of drug-likeness (QED) is 0.582. The predicted molar refractivity (Wildman–Crippen MR) is 126 cm³/mol. The zero-order valence-electron chi connectivity index (χ0n) is 17.9. The molecule has 0 radical (unpaired) electrons. The van der Waals surface area contributed by atoms with E-state index in [2.05, 4.69) is 17.1 Å². The highest BCUT2D eigenvalue weighted by atomic mass is 35.5. The summed E-state index contributed by atoms with van der Waals surface area (Å²) in [5.74, 6) is 0.207. The third-order valence-corrected chi connectivity index (χ3v) is 7.00. The van der Waals surface area contributed by atoms with Crippen LogP contribution in [0.5, 0.6) is 0 Å². The van der Waals surface area contributed by atoms with Crippen molar-refractivity contribution in [2.75, 3.05) is 6.54 Å². The molecule has 0 saturated heterocycles. The van der Waals surface area contributed by atoms with Gasteiger partial charge < -0.3 is 15.0 Å². The van der Waals surface area contributed by atoms with Crippen LogP contribution in [0.2, 0.25) is 10.0 Å². The molecular weight excluding hydrogens is 461 g/mol. The predicted octanol–water partition coefficient (Wildman–Crippen LogP) is 4.17. The van der Waals surface area contributed by atoms with Crippen LogP contribution < -0.4 is 5.56 Å². The number of amides is 1. The number of aromatic nitrogens is 2. The lowest BCUT2D eigenvalue weighted by molar-refractivity contribution is -0.141. The maximum Gasteiger partial charge on any atom is 0.256 e. The van der Waals surface area contributed by atoms with E-state index in [0.29, 0.717) is 46.4 Å². The Morgan fingerprint density at radius 2 is 1.82 bits per heavy atom. The number of rotatable bonds is 4. The number of aromatic amines is 1. The first-order chi connectivity index (χ1) is 15.9. The standard InChI is InChI=1S/C25H23Cl2N3O3/c26-17-11-15(12-18(27)13-17)21(31)23(33)30-10-4-7-20-19(14-30)22(32)29-24(28-20)25(8-9-25)16-5-2-1-3-6-16/h1-3,5-6,11-13,21,31H,4,7-10,14H2,(H,28,29,32). The minimum absolute atomic E-state index is 0.0977. The van der Waals surface area contributed by atoms with Crippen molar-refractivity contribution in [3.63, 3.8) is 0 Å². The van der Waals surface area contributed by atoms with E-state index in [-0.39, 0.29) is 17.5 Å². The second-order valence-electron chi connectivity index (χ2n) is 8.76. The number of carbonyl (C=O) groups excluding carboxylic acids is 1. The van der Waals surface area contributed by atoms with Gasteiger partial charge in [0.2, 0.25) is 0 Å². The summed E-state index contributed by atoms with van der Waals surface area (Å²) in [5, 5.41) is 11.4. The summed E-state index contributed by atoms with van der Waals surface area (Å²) in [7, 11) is 0. The third kappa shape index (κ3) is 4.19. The molecule has 1 unspecified atom stereocenters. The Balaban J connectivity index is 1.43. The van der Waals surface area contributed by atoms with Gasteiger partial charge in [0, 0.05) is 16.6 Å². The first-order valence-corrected chi connectivity index (χ1v) is 11.7. The maximum atomic E-state index is 13.1. The molecule has 3 aromatic rings. The summed E-state index contributed by atoms with van der Waals surface area (Å²) in [6.07, 6.45) is 1.72. The number of nitrogens with zero attached hydrogens (tertiary/aromatic N) is 2. The Bertz CT molecular complexity index is 1250. The van der Waals surface area contributed by atoms with E-state index in [4.69, 9.17) is 28.2 Å². The molecule has 8 heteroatoms. The number of nitrogens with one attached hydrogen (secondary N) is 1. The minimum atomic E-state index is -1.41. The number of benzene rings is 2. The van der Waals surface area contributed by atoms with Crippen LogP contribution in [-0.4, -0.2) is 32.4 Å². The number of halogens is 2. The first kappa shape index (κ1) is 22.1. The van der Waals surface area contributed by atoms with Crippen molar-refractivity contribution in [1.29, 1.82) is 0 Å². The lowest BCUT2D eigenvalue weighted by Gasteiger charge is -2.24. The largest absolute Gasteiger partial charge is 0.378 e. The van der Waals surface area contributed by atoms with Crippen LogP contribution in [0.4, 0.5) is 0 Å². The Kier molecular flexibility index (Phi) is 5.77. The van der Waals surface area contributed by atoms with Crippen molar-refractivity contribution in [2.24, 2.45) is 0 Å². The number of aliphatic hydroxyl groups excluding tert-OH is 1. The molecule has 1 fully saturated rings. The van der Waals surface area contributed by atoms with Gasteiger partial charge in [-0.3, -0.25) is 9.59 Å². The number of H-pyrrole nitrogens is 1. The Labute approximate surface area is 201 Å². The highest BCUT2D eigenvalue weighted by Crippen LogP contribution is 2.51. The van der Waals surface area contributed by atoms with E-state index in [1.54, 1.807) is 0 Å². The lowest BCUT2D eigenvalue weighted by Crippen LogP contribution is -2.36. The van der Waals surface area contributed by atoms with Gasteiger partial charge in [-0.15, -0.1) is 0 Å². The van der Waals surface area contributed by atoms with Gasteiger partial charge in [-0.1, -0.05) is 53.5 Å². The van der Waals surface area contributed by atoms with Gasteiger partial charge in [0.15, 0.2) is 6.10 Å². The third-order valence-electron chi connectivity index (χ3n) is 6.57. The van der Waals surface area contributed by atoms with Crippen LogP contribution in [0.15, 0.2) is 53.3 Å². The van der Waals surface area contributed by atoms with E-state index in [0.717, 1.165) is 24.1 Å². The molecular formula is C25H23Cl2N3O3. The molecule has 33 heavy (non-hydrogen) atoms. The fourth-order valence-electron chi connectivity index (χ4n) is 4.63. The van der Waals surface area contributed by atoms with Crippen molar-refractivity contribution in [1.82, 2.24) is 14.9 Å². The molecule has 2 aliphatic rings. The van der Waals surface area contributed by atoms with Crippen LogP contribution in [0, 0.1) is 0 Å². The highest BCUT2D eigenvalue weighted by molar-refractivity contribution is 6.34. The molecule has 2 heterocycles. The number of aryl methyl sites for hydroxylation is 1. The maximum absolute atomic E-state index is 13.1. The number of aliphatic hydroxyl groups is 1. The number of hydrogen-bond acceptors (Lipinski definition) is 4. The summed E-state index contributed by atoms with van der Waals surface area (Å²) in [6.45, 7) is 0.514. The molecule has 1 aliphatic carbocycles. The molecule has 5 rings (SSSR count). The zero-order chi connectivity index (χ0) is 23.2. The second kappa shape index (κ2) is 8.60. The average Bonchev–Trinajstić information content (AvgIpc) is 3.62. The van der Waals surface area contributed by atoms with Gasteiger partial charge in [-0.25, -0.2) is 4.98 Å². The highest BCUT2D eigenvalue weighted by Gasteiger charge is 2.48. The van der Waals surface area contributed by atoms with Crippen LogP contribution in [0.25, 0.3) is 0 Å². The molecule has 2 N–H and O–H groups in total. The molecule has 1 aliphatic heterocycles. The van der Waals surface area contributed by atoms with E-state index in [9.17, 15) is 14.7 Å².